The molecule has 0 aliphatic carbocycles. The predicted molar refractivity (Wildman–Crippen MR) is 115 cm³/mol. The van der Waals surface area contributed by atoms with Gasteiger partial charge < -0.3 is 14.8 Å². The second-order valence-corrected chi connectivity index (χ2v) is 7.94. The first-order chi connectivity index (χ1) is 15.0. The molecule has 4 rings (SSSR count). The average Bonchev–Trinajstić information content (AvgIpc) is 3.22. The van der Waals surface area contributed by atoms with E-state index >= 15 is 0 Å². The molecule has 31 heavy (non-hydrogen) atoms. The maximum absolute atomic E-state index is 14.2. The van der Waals surface area contributed by atoms with Crippen LogP contribution in [0.4, 0.5) is 15.0 Å². The number of hydrogen-bond acceptors (Lipinski definition) is 6. The number of urea groups is 1. The number of para-hydroxylation sites is 1. The van der Waals surface area contributed by atoms with Gasteiger partial charge in [0.1, 0.15) is 22.4 Å². The van der Waals surface area contributed by atoms with Crippen molar-refractivity contribution in [3.8, 4) is 16.3 Å². The second kappa shape index (κ2) is 8.91. The van der Waals surface area contributed by atoms with Crippen LogP contribution in [0.25, 0.3) is 10.6 Å². The van der Waals surface area contributed by atoms with Crippen LogP contribution in [-0.4, -0.2) is 30.7 Å². The molecule has 160 valence electrons. The number of amides is 2. The number of thiazole rings is 1. The summed E-state index contributed by atoms with van der Waals surface area (Å²) in [6.45, 7) is 0.440. The molecule has 0 fully saturated rings. The van der Waals surface area contributed by atoms with Gasteiger partial charge in [-0.2, -0.15) is 0 Å². The number of nitrogens with one attached hydrogen (secondary N) is 2. The molecule has 2 N–H and O–H groups in total. The van der Waals surface area contributed by atoms with Gasteiger partial charge in [0.05, 0.1) is 30.3 Å². The van der Waals surface area contributed by atoms with Crippen molar-refractivity contribution in [2.45, 2.75) is 12.5 Å². The van der Waals surface area contributed by atoms with Gasteiger partial charge in [0.2, 0.25) is 0 Å². The molecule has 2 aromatic carbocycles. The predicted octanol–water partition coefficient (Wildman–Crippen LogP) is 5.03. The van der Waals surface area contributed by atoms with Crippen LogP contribution in [0.1, 0.15) is 28.4 Å². The third-order valence-electron chi connectivity index (χ3n) is 4.70. The number of hydrogen-bond donors (Lipinski definition) is 2. The number of carbonyl (C=O) groups is 2. The van der Waals surface area contributed by atoms with E-state index in [0.717, 1.165) is 5.56 Å². The fourth-order valence-corrected chi connectivity index (χ4v) is 4.22. The molecule has 1 atom stereocenters. The van der Waals surface area contributed by atoms with E-state index in [4.69, 9.17) is 16.3 Å². The Labute approximate surface area is 186 Å². The summed E-state index contributed by atoms with van der Waals surface area (Å²) in [6.07, 6.45) is 0.606. The van der Waals surface area contributed by atoms with E-state index < -0.39 is 17.8 Å². The first-order valence-corrected chi connectivity index (χ1v) is 10.5. The number of benzene rings is 2. The Morgan fingerprint density at radius 3 is 2.94 bits per heavy atom. The Kier molecular flexibility index (Phi) is 6.06. The minimum Gasteiger partial charge on any atom is -0.492 e. The summed E-state index contributed by atoms with van der Waals surface area (Å²) < 4.78 is 24.3. The summed E-state index contributed by atoms with van der Waals surface area (Å²) in [4.78, 5) is 28.3. The van der Waals surface area contributed by atoms with Crippen molar-refractivity contribution in [1.29, 1.82) is 0 Å². The van der Waals surface area contributed by atoms with E-state index in [2.05, 4.69) is 20.4 Å². The van der Waals surface area contributed by atoms with E-state index in [1.54, 1.807) is 23.6 Å². The summed E-state index contributed by atoms with van der Waals surface area (Å²) in [7, 11) is 1.19. The van der Waals surface area contributed by atoms with E-state index in [0.29, 0.717) is 40.2 Å². The highest BCUT2D eigenvalue weighted by molar-refractivity contribution is 7.13. The van der Waals surface area contributed by atoms with Crippen LogP contribution in [-0.2, 0) is 4.74 Å². The maximum atomic E-state index is 14.2. The zero-order valence-electron chi connectivity index (χ0n) is 16.3. The molecule has 0 radical (unpaired) electrons. The third-order valence-corrected chi connectivity index (χ3v) is 5.89. The average molecular weight is 462 g/mol. The van der Waals surface area contributed by atoms with Crippen LogP contribution in [0.2, 0.25) is 5.02 Å². The molecule has 0 saturated heterocycles. The number of esters is 1. The minimum atomic E-state index is -0.752. The van der Waals surface area contributed by atoms with Crippen LogP contribution < -0.4 is 15.4 Å². The van der Waals surface area contributed by atoms with Crippen molar-refractivity contribution in [2.75, 3.05) is 19.0 Å². The Bertz CT molecular complexity index is 1150. The lowest BCUT2D eigenvalue weighted by Gasteiger charge is -2.27. The summed E-state index contributed by atoms with van der Waals surface area (Å²) in [6, 6.07) is 8.84. The van der Waals surface area contributed by atoms with Crippen LogP contribution in [0, 0.1) is 5.82 Å². The van der Waals surface area contributed by atoms with Crippen molar-refractivity contribution in [3.63, 3.8) is 0 Å². The Morgan fingerprint density at radius 1 is 1.32 bits per heavy atom. The third kappa shape index (κ3) is 4.47. The van der Waals surface area contributed by atoms with Gasteiger partial charge >= 0.3 is 12.0 Å². The van der Waals surface area contributed by atoms with E-state index in [1.165, 1.54) is 30.6 Å². The highest BCUT2D eigenvalue weighted by Crippen LogP contribution is 2.37. The first-order valence-electron chi connectivity index (χ1n) is 9.28. The fraction of sp³-hybridized carbons (Fsp3) is 0.190. The highest BCUT2D eigenvalue weighted by atomic mass is 35.5. The summed E-state index contributed by atoms with van der Waals surface area (Å²) in [5.74, 6) is -0.552. The van der Waals surface area contributed by atoms with Gasteiger partial charge in [-0.05, 0) is 18.2 Å². The monoisotopic (exact) mass is 461 g/mol. The largest absolute Gasteiger partial charge is 0.492 e. The highest BCUT2D eigenvalue weighted by Gasteiger charge is 2.25. The van der Waals surface area contributed by atoms with Gasteiger partial charge in [0, 0.05) is 22.9 Å². The van der Waals surface area contributed by atoms with Crippen LogP contribution in [0.15, 0.2) is 41.8 Å². The standard InChI is InChI=1S/C21H17ClFN3O4S/c1-29-20(27)12-6-5-11(9-15(12)23)19-25-17(10-31-19)26-21(28)24-16-7-8-30-18-13(16)3-2-4-14(18)22/h2-6,9-10,16H,7-8H2,1H3,(H2,24,26,28)/t16-/m0/s1. The lowest BCUT2D eigenvalue weighted by atomic mass is 10.0. The summed E-state index contributed by atoms with van der Waals surface area (Å²) in [5, 5.41) is 8.23. The van der Waals surface area contributed by atoms with Gasteiger partial charge in [-0.25, -0.2) is 19.0 Å². The molecule has 0 unspecified atom stereocenters. The van der Waals surface area contributed by atoms with Crippen molar-refractivity contribution in [1.82, 2.24) is 10.3 Å². The molecule has 0 bridgehead atoms. The fourth-order valence-electron chi connectivity index (χ4n) is 3.23. The molecule has 0 saturated carbocycles. The lowest BCUT2D eigenvalue weighted by molar-refractivity contribution is 0.0595. The van der Waals surface area contributed by atoms with Crippen LogP contribution >= 0.6 is 22.9 Å². The summed E-state index contributed by atoms with van der Waals surface area (Å²) in [5.41, 5.74) is 1.14. The second-order valence-electron chi connectivity index (χ2n) is 6.67. The molecule has 1 aliphatic rings. The normalized spacial score (nSPS) is 14.9. The zero-order valence-corrected chi connectivity index (χ0v) is 17.8. The Hall–Kier alpha value is -3.17. The molecule has 7 nitrogen and oxygen atoms in total. The minimum absolute atomic E-state index is 0.155. The van der Waals surface area contributed by atoms with Gasteiger partial charge in [0.15, 0.2) is 0 Å². The molecular weight excluding hydrogens is 445 g/mol. The van der Waals surface area contributed by atoms with Crippen molar-refractivity contribution in [2.24, 2.45) is 0 Å². The molecule has 0 spiro atoms. The van der Waals surface area contributed by atoms with Crippen molar-refractivity contribution >= 4 is 40.8 Å². The number of ether oxygens (including phenoxy) is 2. The lowest BCUT2D eigenvalue weighted by Crippen LogP contribution is -2.35. The molecule has 1 aromatic heterocycles. The Balaban J connectivity index is 1.44. The zero-order chi connectivity index (χ0) is 22.0. The molecular formula is C21H17ClFN3O4S. The molecule has 1 aliphatic heterocycles. The maximum Gasteiger partial charge on any atom is 0.340 e. The summed E-state index contributed by atoms with van der Waals surface area (Å²) >= 11 is 7.40. The van der Waals surface area contributed by atoms with E-state index in [9.17, 15) is 14.0 Å². The SMILES string of the molecule is COC(=O)c1ccc(-c2nc(NC(=O)N[C@H]3CCOc4c(Cl)cccc43)cs2)cc1F. The van der Waals surface area contributed by atoms with Crippen molar-refractivity contribution < 1.29 is 23.5 Å². The molecule has 2 amide bonds. The molecule has 3 aromatic rings. The number of carbonyl (C=O) groups excluding carboxylic acids is 2. The van der Waals surface area contributed by atoms with E-state index in [1.807, 2.05) is 6.07 Å². The van der Waals surface area contributed by atoms with Crippen LogP contribution in [0.5, 0.6) is 5.75 Å². The number of aromatic nitrogens is 1. The quantitative estimate of drug-likeness (QED) is 0.531. The molecule has 10 heteroatoms. The number of methoxy groups -OCH3 is 1. The number of rotatable bonds is 4. The van der Waals surface area contributed by atoms with Gasteiger partial charge in [-0.3, -0.25) is 5.32 Å². The van der Waals surface area contributed by atoms with Crippen LogP contribution in [0.3, 0.4) is 0 Å². The topological polar surface area (TPSA) is 89.5 Å². The smallest absolute Gasteiger partial charge is 0.340 e. The molecule has 2 heterocycles. The number of halogens is 2. The van der Waals surface area contributed by atoms with Gasteiger partial charge in [0.25, 0.3) is 0 Å². The number of fused-ring (bicyclic) bond motifs is 1. The number of anilines is 1. The first kappa shape index (κ1) is 21.1. The van der Waals surface area contributed by atoms with Crippen molar-refractivity contribution in [3.05, 3.63) is 63.7 Å². The van der Waals surface area contributed by atoms with Gasteiger partial charge in [-0.15, -0.1) is 11.3 Å². The Morgan fingerprint density at radius 2 is 2.16 bits per heavy atom. The van der Waals surface area contributed by atoms with Gasteiger partial charge in [-0.1, -0.05) is 29.8 Å². The van der Waals surface area contributed by atoms with E-state index in [-0.39, 0.29) is 11.6 Å². The number of nitrogens with zero attached hydrogens (tertiary/aromatic N) is 1.